The van der Waals surface area contributed by atoms with Gasteiger partial charge >= 0.3 is 0 Å². The monoisotopic (exact) mass is 402 g/mol. The summed E-state index contributed by atoms with van der Waals surface area (Å²) in [5.41, 5.74) is 3.92. The fraction of sp³-hybridized carbons (Fsp3) is 0.200. The highest BCUT2D eigenvalue weighted by Crippen LogP contribution is 2.19. The lowest BCUT2D eigenvalue weighted by atomic mass is 10.0. The minimum absolute atomic E-state index is 0.0964. The summed E-state index contributed by atoms with van der Waals surface area (Å²) >= 11 is 0. The maximum atomic E-state index is 12.5. The van der Waals surface area contributed by atoms with Crippen LogP contribution >= 0.6 is 0 Å². The molecule has 2 amide bonds. The maximum Gasteiger partial charge on any atom is 0.262 e. The van der Waals surface area contributed by atoms with Crippen LogP contribution in [0.2, 0.25) is 0 Å². The Kier molecular flexibility index (Phi) is 6.86. The Labute approximate surface area is 177 Å². The van der Waals surface area contributed by atoms with Crippen molar-refractivity contribution in [2.24, 2.45) is 0 Å². The highest BCUT2D eigenvalue weighted by atomic mass is 16.5. The molecule has 0 bridgehead atoms. The van der Waals surface area contributed by atoms with Gasteiger partial charge in [-0.15, -0.1) is 0 Å². The minimum Gasteiger partial charge on any atom is -0.484 e. The number of amides is 2. The Balaban J connectivity index is 1.56. The lowest BCUT2D eigenvalue weighted by Gasteiger charge is -2.11. The summed E-state index contributed by atoms with van der Waals surface area (Å²) in [7, 11) is 0. The molecule has 0 aliphatic heterocycles. The molecule has 0 heterocycles. The predicted molar refractivity (Wildman–Crippen MR) is 120 cm³/mol. The Morgan fingerprint density at radius 2 is 1.53 bits per heavy atom. The van der Waals surface area contributed by atoms with Crippen LogP contribution in [0.15, 0.2) is 72.8 Å². The molecular formula is C25H26N2O3. The van der Waals surface area contributed by atoms with Gasteiger partial charge in [-0.1, -0.05) is 50.2 Å². The number of ether oxygens (including phenoxy) is 1. The summed E-state index contributed by atoms with van der Waals surface area (Å²) in [5, 5.41) is 5.65. The molecule has 2 N–H and O–H groups in total. The zero-order chi connectivity index (χ0) is 21.5. The zero-order valence-corrected chi connectivity index (χ0v) is 17.4. The third-order valence-electron chi connectivity index (χ3n) is 4.71. The second-order valence-corrected chi connectivity index (χ2v) is 7.41. The summed E-state index contributed by atoms with van der Waals surface area (Å²) in [5.74, 6) is 0.629. The normalized spacial score (nSPS) is 10.5. The number of aryl methyl sites for hydroxylation is 1. The van der Waals surface area contributed by atoms with Gasteiger partial charge in [0.1, 0.15) is 5.75 Å². The first-order valence-electron chi connectivity index (χ1n) is 9.92. The van der Waals surface area contributed by atoms with Crippen LogP contribution in [0.3, 0.4) is 0 Å². The molecule has 0 aliphatic carbocycles. The average molecular weight is 402 g/mol. The number of rotatable bonds is 7. The SMILES string of the molecule is Cc1ccccc1C(=O)Nc1cccc(NC(=O)COc2ccc(C(C)C)cc2)c1. The number of carbonyl (C=O) groups is 2. The molecule has 0 fully saturated rings. The third kappa shape index (κ3) is 5.70. The molecule has 0 aliphatic rings. The zero-order valence-electron chi connectivity index (χ0n) is 17.4. The molecule has 0 radical (unpaired) electrons. The van der Waals surface area contributed by atoms with Crippen molar-refractivity contribution in [1.82, 2.24) is 0 Å². The summed E-state index contributed by atoms with van der Waals surface area (Å²) < 4.78 is 5.56. The average Bonchev–Trinajstić information content (AvgIpc) is 2.73. The molecule has 3 aromatic carbocycles. The Morgan fingerprint density at radius 1 is 0.867 bits per heavy atom. The van der Waals surface area contributed by atoms with Gasteiger partial charge < -0.3 is 15.4 Å². The van der Waals surface area contributed by atoms with Crippen LogP contribution in [0, 0.1) is 6.92 Å². The molecule has 5 heteroatoms. The lowest BCUT2D eigenvalue weighted by Crippen LogP contribution is -2.20. The van der Waals surface area contributed by atoms with E-state index in [1.807, 2.05) is 49.4 Å². The smallest absolute Gasteiger partial charge is 0.262 e. The summed E-state index contributed by atoms with van der Waals surface area (Å²) in [6.07, 6.45) is 0. The van der Waals surface area contributed by atoms with E-state index < -0.39 is 0 Å². The maximum absolute atomic E-state index is 12.5. The predicted octanol–water partition coefficient (Wildman–Crippen LogP) is 5.39. The molecule has 30 heavy (non-hydrogen) atoms. The number of nitrogens with one attached hydrogen (secondary N) is 2. The Bertz CT molecular complexity index is 1030. The van der Waals surface area contributed by atoms with Crippen molar-refractivity contribution in [3.05, 3.63) is 89.5 Å². The molecular weight excluding hydrogens is 376 g/mol. The summed E-state index contributed by atoms with van der Waals surface area (Å²) in [6, 6.07) is 22.1. The second-order valence-electron chi connectivity index (χ2n) is 7.41. The van der Waals surface area contributed by atoms with Crippen LogP contribution in [0.4, 0.5) is 11.4 Å². The largest absolute Gasteiger partial charge is 0.484 e. The van der Waals surface area contributed by atoms with E-state index in [1.54, 1.807) is 30.3 Å². The van der Waals surface area contributed by atoms with E-state index in [0.29, 0.717) is 28.6 Å². The van der Waals surface area contributed by atoms with Crippen LogP contribution < -0.4 is 15.4 Å². The lowest BCUT2D eigenvalue weighted by molar-refractivity contribution is -0.118. The number of hydrogen-bond donors (Lipinski definition) is 2. The van der Waals surface area contributed by atoms with E-state index in [2.05, 4.69) is 24.5 Å². The molecule has 3 aromatic rings. The van der Waals surface area contributed by atoms with Crippen LogP contribution in [0.5, 0.6) is 5.75 Å². The number of benzene rings is 3. The molecule has 0 spiro atoms. The molecule has 0 unspecified atom stereocenters. The topological polar surface area (TPSA) is 67.4 Å². The Morgan fingerprint density at radius 3 is 2.20 bits per heavy atom. The number of carbonyl (C=O) groups excluding carboxylic acids is 2. The molecule has 0 aromatic heterocycles. The molecule has 3 rings (SSSR count). The number of anilines is 2. The molecule has 0 saturated heterocycles. The van der Waals surface area contributed by atoms with Gasteiger partial charge in [0.15, 0.2) is 6.61 Å². The van der Waals surface area contributed by atoms with E-state index in [4.69, 9.17) is 4.74 Å². The molecule has 154 valence electrons. The van der Waals surface area contributed by atoms with Crippen LogP contribution in [0.25, 0.3) is 0 Å². The number of hydrogen-bond acceptors (Lipinski definition) is 3. The highest BCUT2D eigenvalue weighted by molar-refractivity contribution is 6.05. The summed E-state index contributed by atoms with van der Waals surface area (Å²) in [4.78, 5) is 24.7. The first-order valence-corrected chi connectivity index (χ1v) is 9.92. The van der Waals surface area contributed by atoms with Crippen molar-refractivity contribution >= 4 is 23.2 Å². The fourth-order valence-corrected chi connectivity index (χ4v) is 3.00. The van der Waals surface area contributed by atoms with Gasteiger partial charge in [-0.05, 0) is 60.4 Å². The second kappa shape index (κ2) is 9.74. The first kappa shape index (κ1) is 21.1. The molecule has 5 nitrogen and oxygen atoms in total. The van der Waals surface area contributed by atoms with Crippen molar-refractivity contribution in [3.8, 4) is 5.75 Å². The van der Waals surface area contributed by atoms with E-state index in [1.165, 1.54) is 5.56 Å². The fourth-order valence-electron chi connectivity index (χ4n) is 3.00. The van der Waals surface area contributed by atoms with Gasteiger partial charge in [-0.3, -0.25) is 9.59 Å². The van der Waals surface area contributed by atoms with Crippen molar-refractivity contribution in [2.45, 2.75) is 26.7 Å². The molecule has 0 saturated carbocycles. The highest BCUT2D eigenvalue weighted by Gasteiger charge is 2.10. The minimum atomic E-state index is -0.273. The van der Waals surface area contributed by atoms with Gasteiger partial charge in [0.25, 0.3) is 11.8 Å². The van der Waals surface area contributed by atoms with Gasteiger partial charge in [0, 0.05) is 16.9 Å². The van der Waals surface area contributed by atoms with Crippen LogP contribution in [0.1, 0.15) is 41.3 Å². The van der Waals surface area contributed by atoms with E-state index in [9.17, 15) is 9.59 Å². The Hall–Kier alpha value is -3.60. The van der Waals surface area contributed by atoms with Gasteiger partial charge in [-0.25, -0.2) is 0 Å². The van der Waals surface area contributed by atoms with Crippen molar-refractivity contribution < 1.29 is 14.3 Å². The van der Waals surface area contributed by atoms with Crippen LogP contribution in [-0.4, -0.2) is 18.4 Å². The van der Waals surface area contributed by atoms with E-state index in [-0.39, 0.29) is 18.4 Å². The van der Waals surface area contributed by atoms with Crippen molar-refractivity contribution in [2.75, 3.05) is 17.2 Å². The standard InChI is InChI=1S/C25H26N2O3/c1-17(2)19-11-13-22(14-12-19)30-16-24(28)26-20-8-6-9-21(15-20)27-25(29)23-10-5-4-7-18(23)3/h4-15,17H,16H2,1-3H3,(H,26,28)(H,27,29). The molecule has 0 atom stereocenters. The van der Waals surface area contributed by atoms with Gasteiger partial charge in [-0.2, -0.15) is 0 Å². The third-order valence-corrected chi connectivity index (χ3v) is 4.71. The first-order chi connectivity index (χ1) is 14.4. The van der Waals surface area contributed by atoms with Crippen molar-refractivity contribution in [1.29, 1.82) is 0 Å². The van der Waals surface area contributed by atoms with Gasteiger partial charge in [0.05, 0.1) is 0 Å². The quantitative estimate of drug-likeness (QED) is 0.557. The van der Waals surface area contributed by atoms with Gasteiger partial charge in [0.2, 0.25) is 0 Å². The van der Waals surface area contributed by atoms with Crippen LogP contribution in [-0.2, 0) is 4.79 Å². The van der Waals surface area contributed by atoms with E-state index in [0.717, 1.165) is 5.56 Å². The van der Waals surface area contributed by atoms with Crippen molar-refractivity contribution in [3.63, 3.8) is 0 Å². The van der Waals surface area contributed by atoms with E-state index >= 15 is 0 Å². The summed E-state index contributed by atoms with van der Waals surface area (Å²) in [6.45, 7) is 6.05.